The minimum absolute atomic E-state index is 0.114. The summed E-state index contributed by atoms with van der Waals surface area (Å²) < 4.78 is 0. The van der Waals surface area contributed by atoms with Gasteiger partial charge in [0, 0.05) is 25.3 Å². The first-order valence-corrected chi connectivity index (χ1v) is 6.72. The summed E-state index contributed by atoms with van der Waals surface area (Å²) >= 11 is 0. The highest BCUT2D eigenvalue weighted by Gasteiger charge is 2.17. The molecule has 100 valence electrons. The zero-order valence-electron chi connectivity index (χ0n) is 11.9. The molecule has 0 spiro atoms. The summed E-state index contributed by atoms with van der Waals surface area (Å²) in [6.45, 7) is 10.7. The Morgan fingerprint density at radius 2 is 1.94 bits per heavy atom. The van der Waals surface area contributed by atoms with Crippen LogP contribution < -0.4 is 5.32 Å². The van der Waals surface area contributed by atoms with Gasteiger partial charge in [-0.2, -0.15) is 0 Å². The third-order valence-corrected chi connectivity index (χ3v) is 2.78. The van der Waals surface area contributed by atoms with E-state index in [0.717, 1.165) is 30.9 Å². The second-order valence-corrected chi connectivity index (χ2v) is 4.81. The third kappa shape index (κ3) is 3.76. The molecule has 1 N–H and O–H groups in total. The first-order valence-electron chi connectivity index (χ1n) is 6.72. The number of amides is 1. The van der Waals surface area contributed by atoms with Crippen LogP contribution in [0.25, 0.3) is 0 Å². The highest BCUT2D eigenvalue weighted by Crippen LogP contribution is 2.17. The summed E-state index contributed by atoms with van der Waals surface area (Å²) in [4.78, 5) is 14.4. The average Bonchev–Trinajstić information content (AvgIpc) is 2.36. The second-order valence-electron chi connectivity index (χ2n) is 4.81. The zero-order valence-corrected chi connectivity index (χ0v) is 11.9. The largest absolute Gasteiger partial charge is 0.385 e. The van der Waals surface area contributed by atoms with E-state index >= 15 is 0 Å². The smallest absolute Gasteiger partial charge is 0.255 e. The van der Waals surface area contributed by atoms with Gasteiger partial charge in [0.1, 0.15) is 0 Å². The van der Waals surface area contributed by atoms with Gasteiger partial charge < -0.3 is 10.2 Å². The van der Waals surface area contributed by atoms with Crippen LogP contribution in [0.1, 0.15) is 38.1 Å². The SMILES string of the molecule is CCNc1ccccc1C(=O)N(CC)CC(C)C. The summed E-state index contributed by atoms with van der Waals surface area (Å²) in [5, 5.41) is 3.24. The fraction of sp³-hybridized carbons (Fsp3) is 0.533. The molecule has 0 saturated heterocycles. The van der Waals surface area contributed by atoms with Gasteiger partial charge in [-0.25, -0.2) is 0 Å². The van der Waals surface area contributed by atoms with E-state index in [1.54, 1.807) is 0 Å². The quantitative estimate of drug-likeness (QED) is 0.838. The van der Waals surface area contributed by atoms with Crippen LogP contribution in [0.4, 0.5) is 5.69 Å². The van der Waals surface area contributed by atoms with Crippen LogP contribution >= 0.6 is 0 Å². The molecule has 3 heteroatoms. The lowest BCUT2D eigenvalue weighted by Crippen LogP contribution is -2.34. The van der Waals surface area contributed by atoms with E-state index in [1.807, 2.05) is 43.0 Å². The highest BCUT2D eigenvalue weighted by atomic mass is 16.2. The maximum atomic E-state index is 12.5. The van der Waals surface area contributed by atoms with Crippen molar-refractivity contribution in [3.63, 3.8) is 0 Å². The van der Waals surface area contributed by atoms with Gasteiger partial charge in [0.05, 0.1) is 5.56 Å². The normalized spacial score (nSPS) is 10.5. The van der Waals surface area contributed by atoms with E-state index in [1.165, 1.54) is 0 Å². The van der Waals surface area contributed by atoms with Crippen molar-refractivity contribution in [1.29, 1.82) is 0 Å². The predicted molar refractivity (Wildman–Crippen MR) is 77.0 cm³/mol. The number of benzene rings is 1. The molecule has 0 saturated carbocycles. The summed E-state index contributed by atoms with van der Waals surface area (Å²) in [6.07, 6.45) is 0. The first kappa shape index (κ1) is 14.6. The highest BCUT2D eigenvalue weighted by molar-refractivity contribution is 5.99. The fourth-order valence-corrected chi connectivity index (χ4v) is 1.98. The van der Waals surface area contributed by atoms with Crippen LogP contribution in [0, 0.1) is 5.92 Å². The van der Waals surface area contributed by atoms with Gasteiger partial charge in [-0.15, -0.1) is 0 Å². The molecule has 0 bridgehead atoms. The van der Waals surface area contributed by atoms with E-state index in [2.05, 4.69) is 19.2 Å². The standard InChI is InChI=1S/C15H24N2O/c1-5-16-14-10-8-7-9-13(14)15(18)17(6-2)11-12(3)4/h7-10,12,16H,5-6,11H2,1-4H3. The Kier molecular flexibility index (Phi) is 5.69. The van der Waals surface area contributed by atoms with E-state index in [4.69, 9.17) is 0 Å². The van der Waals surface area contributed by atoms with Gasteiger partial charge in [0.2, 0.25) is 0 Å². The van der Waals surface area contributed by atoms with Gasteiger partial charge in [0.25, 0.3) is 5.91 Å². The average molecular weight is 248 g/mol. The molecule has 0 aliphatic rings. The number of carbonyl (C=O) groups excluding carboxylic acids is 1. The second kappa shape index (κ2) is 7.04. The molecule has 0 radical (unpaired) electrons. The topological polar surface area (TPSA) is 32.3 Å². The lowest BCUT2D eigenvalue weighted by molar-refractivity contribution is 0.0746. The molecule has 0 aliphatic heterocycles. The number of hydrogen-bond acceptors (Lipinski definition) is 2. The van der Waals surface area contributed by atoms with Crippen LogP contribution in [0.2, 0.25) is 0 Å². The number of para-hydroxylation sites is 1. The number of rotatable bonds is 6. The predicted octanol–water partition coefficient (Wildman–Crippen LogP) is 3.24. The van der Waals surface area contributed by atoms with Crippen molar-refractivity contribution in [3.05, 3.63) is 29.8 Å². The van der Waals surface area contributed by atoms with Gasteiger partial charge in [-0.3, -0.25) is 4.79 Å². The summed E-state index contributed by atoms with van der Waals surface area (Å²) in [5.74, 6) is 0.600. The molecule has 3 nitrogen and oxygen atoms in total. The van der Waals surface area contributed by atoms with Gasteiger partial charge in [-0.1, -0.05) is 26.0 Å². The van der Waals surface area contributed by atoms with Crippen molar-refractivity contribution in [2.45, 2.75) is 27.7 Å². The molecule has 1 amide bonds. The molecular formula is C15H24N2O. The van der Waals surface area contributed by atoms with Gasteiger partial charge in [-0.05, 0) is 31.9 Å². The molecule has 1 rings (SSSR count). The minimum atomic E-state index is 0.114. The van der Waals surface area contributed by atoms with Crippen molar-refractivity contribution in [2.24, 2.45) is 5.92 Å². The number of nitrogens with zero attached hydrogens (tertiary/aromatic N) is 1. The minimum Gasteiger partial charge on any atom is -0.385 e. The van der Waals surface area contributed by atoms with E-state index in [0.29, 0.717) is 5.92 Å². The lowest BCUT2D eigenvalue weighted by Gasteiger charge is -2.24. The van der Waals surface area contributed by atoms with Crippen molar-refractivity contribution >= 4 is 11.6 Å². The van der Waals surface area contributed by atoms with Gasteiger partial charge >= 0.3 is 0 Å². The molecule has 1 aromatic rings. The summed E-state index contributed by atoms with van der Waals surface area (Å²) in [7, 11) is 0. The first-order chi connectivity index (χ1) is 8.60. The van der Waals surface area contributed by atoms with Crippen molar-refractivity contribution < 1.29 is 4.79 Å². The van der Waals surface area contributed by atoms with Crippen molar-refractivity contribution in [3.8, 4) is 0 Å². The number of nitrogens with one attached hydrogen (secondary N) is 1. The molecule has 0 unspecified atom stereocenters. The van der Waals surface area contributed by atoms with Crippen LogP contribution in [-0.4, -0.2) is 30.4 Å². The van der Waals surface area contributed by atoms with Crippen LogP contribution in [0.15, 0.2) is 24.3 Å². The van der Waals surface area contributed by atoms with Crippen LogP contribution in [0.5, 0.6) is 0 Å². The molecule has 0 atom stereocenters. The number of anilines is 1. The third-order valence-electron chi connectivity index (χ3n) is 2.78. The van der Waals surface area contributed by atoms with E-state index < -0.39 is 0 Å². The molecule has 0 aliphatic carbocycles. The molecule has 0 heterocycles. The summed E-state index contributed by atoms with van der Waals surface area (Å²) in [6, 6.07) is 7.72. The van der Waals surface area contributed by atoms with Crippen molar-refractivity contribution in [1.82, 2.24) is 4.90 Å². The molecule has 18 heavy (non-hydrogen) atoms. The van der Waals surface area contributed by atoms with E-state index in [9.17, 15) is 4.79 Å². The number of carbonyl (C=O) groups is 1. The Morgan fingerprint density at radius 3 is 2.50 bits per heavy atom. The molecule has 0 fully saturated rings. The Labute approximate surface area is 110 Å². The molecule has 1 aromatic carbocycles. The fourth-order valence-electron chi connectivity index (χ4n) is 1.98. The van der Waals surface area contributed by atoms with E-state index in [-0.39, 0.29) is 5.91 Å². The van der Waals surface area contributed by atoms with Gasteiger partial charge in [0.15, 0.2) is 0 Å². The Morgan fingerprint density at radius 1 is 1.28 bits per heavy atom. The van der Waals surface area contributed by atoms with Crippen LogP contribution in [-0.2, 0) is 0 Å². The Hall–Kier alpha value is -1.51. The zero-order chi connectivity index (χ0) is 13.5. The van der Waals surface area contributed by atoms with Crippen molar-refractivity contribution in [2.75, 3.05) is 25.0 Å². The molecular weight excluding hydrogens is 224 g/mol. The maximum Gasteiger partial charge on any atom is 0.255 e. The van der Waals surface area contributed by atoms with Crippen LogP contribution in [0.3, 0.4) is 0 Å². The maximum absolute atomic E-state index is 12.5. The Balaban J connectivity index is 2.93. The number of hydrogen-bond donors (Lipinski definition) is 1. The monoisotopic (exact) mass is 248 g/mol. The summed E-state index contributed by atoms with van der Waals surface area (Å²) in [5.41, 5.74) is 1.69. The molecule has 0 aromatic heterocycles. The lowest BCUT2D eigenvalue weighted by atomic mass is 10.1. The Bertz CT molecular complexity index is 388.